The van der Waals surface area contributed by atoms with Crippen molar-refractivity contribution in [3.05, 3.63) is 59.8 Å². The summed E-state index contributed by atoms with van der Waals surface area (Å²) in [5, 5.41) is 11.3. The second kappa shape index (κ2) is 8.96. The van der Waals surface area contributed by atoms with Gasteiger partial charge in [0, 0.05) is 12.6 Å². The number of anilines is 1. The molecule has 3 aromatic rings. The minimum Gasteiger partial charge on any atom is -0.356 e. The second-order valence-electron chi connectivity index (χ2n) is 7.55. The van der Waals surface area contributed by atoms with E-state index < -0.39 is 0 Å². The first-order valence-electron chi connectivity index (χ1n) is 10.2. The summed E-state index contributed by atoms with van der Waals surface area (Å²) >= 11 is 0. The first-order chi connectivity index (χ1) is 14.6. The van der Waals surface area contributed by atoms with Crippen LogP contribution >= 0.6 is 0 Å². The van der Waals surface area contributed by atoms with Crippen molar-refractivity contribution >= 4 is 28.6 Å². The maximum atomic E-state index is 12.9. The lowest BCUT2D eigenvalue weighted by Crippen LogP contribution is -2.42. The first kappa shape index (κ1) is 19.9. The highest BCUT2D eigenvalue weighted by molar-refractivity contribution is 6.12. The average Bonchev–Trinajstić information content (AvgIpc) is 3.27. The van der Waals surface area contributed by atoms with Gasteiger partial charge in [-0.1, -0.05) is 42.6 Å². The van der Waals surface area contributed by atoms with Gasteiger partial charge in [0.2, 0.25) is 0 Å². The Labute approximate surface area is 174 Å². The summed E-state index contributed by atoms with van der Waals surface area (Å²) in [6.07, 6.45) is 7.14. The van der Waals surface area contributed by atoms with Crippen LogP contribution in [-0.4, -0.2) is 23.1 Å². The average molecular weight is 407 g/mol. The molecule has 1 heterocycles. The summed E-state index contributed by atoms with van der Waals surface area (Å²) in [7, 11) is 0. The van der Waals surface area contributed by atoms with Crippen molar-refractivity contribution < 1.29 is 14.1 Å². The highest BCUT2D eigenvalue weighted by atomic mass is 16.5. The van der Waals surface area contributed by atoms with E-state index in [-0.39, 0.29) is 18.0 Å². The molecule has 0 spiro atoms. The molecule has 30 heavy (non-hydrogen) atoms. The van der Waals surface area contributed by atoms with Gasteiger partial charge in [-0.3, -0.25) is 4.79 Å². The van der Waals surface area contributed by atoms with Gasteiger partial charge in [0.15, 0.2) is 5.58 Å². The van der Waals surface area contributed by atoms with E-state index in [0.717, 1.165) is 36.3 Å². The molecule has 3 amide bonds. The van der Waals surface area contributed by atoms with Gasteiger partial charge in [-0.05, 0) is 42.7 Å². The molecule has 0 bridgehead atoms. The van der Waals surface area contributed by atoms with Crippen LogP contribution in [0.15, 0.2) is 53.2 Å². The molecular weight excluding hydrogens is 382 g/mol. The van der Waals surface area contributed by atoms with Gasteiger partial charge < -0.3 is 15.2 Å². The van der Waals surface area contributed by atoms with Gasteiger partial charge in [-0.15, -0.1) is 0 Å². The lowest BCUT2D eigenvalue weighted by atomic mass is 9.96. The third-order valence-electron chi connectivity index (χ3n) is 5.43. The zero-order chi connectivity index (χ0) is 20.9. The van der Waals surface area contributed by atoms with Crippen molar-refractivity contribution in [2.45, 2.75) is 44.7 Å². The lowest BCUT2D eigenvalue weighted by Gasteiger charge is -2.23. The Kier molecular flexibility index (Phi) is 5.94. The standard InChI is InChI=1S/C22H25N5O3/c23-27(21(28)18-10-5-11-20-19(18)14-25-30-20)17-9-4-6-15(12-17)13-24-22(29)26-16-7-2-1-3-8-16/h4-6,9-12,14,16H,1-3,7-8,13,23H2,(H2,24,26,29). The Morgan fingerprint density at radius 2 is 1.93 bits per heavy atom. The predicted molar refractivity (Wildman–Crippen MR) is 114 cm³/mol. The minimum absolute atomic E-state index is 0.174. The molecule has 1 aromatic heterocycles. The molecule has 1 saturated carbocycles. The number of hydrogen-bond acceptors (Lipinski definition) is 5. The fourth-order valence-corrected chi connectivity index (χ4v) is 3.81. The summed E-state index contributed by atoms with van der Waals surface area (Å²) in [6.45, 7) is 0.343. The molecular formula is C22H25N5O3. The number of carbonyl (C=O) groups excluding carboxylic acids is 2. The molecule has 0 radical (unpaired) electrons. The van der Waals surface area contributed by atoms with E-state index in [1.807, 2.05) is 6.07 Å². The van der Waals surface area contributed by atoms with E-state index in [0.29, 0.717) is 28.8 Å². The van der Waals surface area contributed by atoms with E-state index in [9.17, 15) is 9.59 Å². The number of amides is 3. The van der Waals surface area contributed by atoms with Crippen LogP contribution in [0.5, 0.6) is 0 Å². The fourth-order valence-electron chi connectivity index (χ4n) is 3.81. The number of hydrogen-bond donors (Lipinski definition) is 3. The molecule has 1 aliphatic carbocycles. The molecule has 0 aliphatic heterocycles. The Hall–Kier alpha value is -3.39. The molecule has 1 fully saturated rings. The Balaban J connectivity index is 1.40. The van der Waals surface area contributed by atoms with Crippen molar-refractivity contribution in [1.29, 1.82) is 0 Å². The van der Waals surface area contributed by atoms with Crippen LogP contribution in [0, 0.1) is 0 Å². The van der Waals surface area contributed by atoms with E-state index in [2.05, 4.69) is 15.8 Å². The van der Waals surface area contributed by atoms with Crippen molar-refractivity contribution in [2.24, 2.45) is 5.84 Å². The Bertz CT molecular complexity index is 1040. The number of nitrogens with two attached hydrogens (primary N) is 1. The number of fused-ring (bicyclic) bond motifs is 1. The first-order valence-corrected chi connectivity index (χ1v) is 10.2. The molecule has 156 valence electrons. The van der Waals surface area contributed by atoms with Gasteiger partial charge in [-0.25, -0.2) is 15.6 Å². The molecule has 4 N–H and O–H groups in total. The molecule has 0 atom stereocenters. The molecule has 8 nitrogen and oxygen atoms in total. The molecule has 1 aliphatic rings. The van der Waals surface area contributed by atoms with Gasteiger partial charge in [0.1, 0.15) is 0 Å². The summed E-state index contributed by atoms with van der Waals surface area (Å²) in [6, 6.07) is 12.4. The topological polar surface area (TPSA) is 113 Å². The van der Waals surface area contributed by atoms with E-state index >= 15 is 0 Å². The largest absolute Gasteiger partial charge is 0.356 e. The lowest BCUT2D eigenvalue weighted by molar-refractivity contribution is 0.0988. The second-order valence-corrected chi connectivity index (χ2v) is 7.55. The van der Waals surface area contributed by atoms with Gasteiger partial charge in [0.05, 0.1) is 22.8 Å². The highest BCUT2D eigenvalue weighted by Crippen LogP contribution is 2.22. The van der Waals surface area contributed by atoms with Crippen LogP contribution < -0.4 is 21.5 Å². The third kappa shape index (κ3) is 4.44. The Morgan fingerprint density at radius 3 is 2.77 bits per heavy atom. The number of urea groups is 1. The van der Waals surface area contributed by atoms with Crippen LogP contribution in [0.25, 0.3) is 11.0 Å². The van der Waals surface area contributed by atoms with E-state index in [1.165, 1.54) is 12.6 Å². The van der Waals surface area contributed by atoms with Crippen LogP contribution in [0.4, 0.5) is 10.5 Å². The third-order valence-corrected chi connectivity index (χ3v) is 5.43. The monoisotopic (exact) mass is 407 g/mol. The van der Waals surface area contributed by atoms with E-state index in [4.69, 9.17) is 10.4 Å². The maximum Gasteiger partial charge on any atom is 0.315 e. The molecule has 8 heteroatoms. The van der Waals surface area contributed by atoms with Gasteiger partial charge >= 0.3 is 6.03 Å². The number of aromatic nitrogens is 1. The SMILES string of the molecule is NN(C(=O)c1cccc2oncc12)c1cccc(CNC(=O)NC2CCCCC2)c1. The molecule has 0 saturated heterocycles. The number of nitrogens with zero attached hydrogens (tertiary/aromatic N) is 2. The highest BCUT2D eigenvalue weighted by Gasteiger charge is 2.19. The predicted octanol–water partition coefficient (Wildman–Crippen LogP) is 3.48. The number of rotatable bonds is 5. The van der Waals surface area contributed by atoms with Crippen LogP contribution in [0.3, 0.4) is 0 Å². The summed E-state index contributed by atoms with van der Waals surface area (Å²) in [4.78, 5) is 25.1. The number of carbonyl (C=O) groups is 2. The molecule has 0 unspecified atom stereocenters. The zero-order valence-electron chi connectivity index (χ0n) is 16.6. The summed E-state index contributed by atoms with van der Waals surface area (Å²) in [5.41, 5.74) is 2.31. The van der Waals surface area contributed by atoms with Crippen LogP contribution in [0.2, 0.25) is 0 Å². The van der Waals surface area contributed by atoms with Crippen molar-refractivity contribution in [3.63, 3.8) is 0 Å². The number of nitrogens with one attached hydrogen (secondary N) is 2. The van der Waals surface area contributed by atoms with Crippen molar-refractivity contribution in [2.75, 3.05) is 5.01 Å². The zero-order valence-corrected chi connectivity index (χ0v) is 16.6. The minimum atomic E-state index is -0.371. The van der Waals surface area contributed by atoms with Crippen LogP contribution in [-0.2, 0) is 6.54 Å². The van der Waals surface area contributed by atoms with Crippen LogP contribution in [0.1, 0.15) is 48.0 Å². The quantitative estimate of drug-likeness (QED) is 0.340. The summed E-state index contributed by atoms with van der Waals surface area (Å²) < 4.78 is 5.11. The summed E-state index contributed by atoms with van der Waals surface area (Å²) in [5.74, 6) is 5.74. The Morgan fingerprint density at radius 1 is 1.13 bits per heavy atom. The smallest absolute Gasteiger partial charge is 0.315 e. The number of hydrazine groups is 1. The van der Waals surface area contributed by atoms with Gasteiger partial charge in [-0.2, -0.15) is 0 Å². The molecule has 2 aromatic carbocycles. The normalized spacial score (nSPS) is 14.4. The van der Waals surface area contributed by atoms with E-state index in [1.54, 1.807) is 36.4 Å². The van der Waals surface area contributed by atoms with Crippen molar-refractivity contribution in [3.8, 4) is 0 Å². The maximum absolute atomic E-state index is 12.9. The fraction of sp³-hybridized carbons (Fsp3) is 0.318. The van der Waals surface area contributed by atoms with Crippen molar-refractivity contribution in [1.82, 2.24) is 15.8 Å². The van der Waals surface area contributed by atoms with Gasteiger partial charge in [0.25, 0.3) is 5.91 Å². The molecule has 4 rings (SSSR count). The number of benzene rings is 2.